The van der Waals surface area contributed by atoms with Gasteiger partial charge in [0.05, 0.1) is 86.4 Å². The minimum absolute atomic E-state index is 0. The fourth-order valence-electron chi connectivity index (χ4n) is 11.4. The smallest absolute Gasteiger partial charge is 0.243 e. The summed E-state index contributed by atoms with van der Waals surface area (Å²) in [5.41, 5.74) is 4.73. The predicted molar refractivity (Wildman–Crippen MR) is 302 cm³/mol. The Bertz CT molecular complexity index is 2120. The first kappa shape index (κ1) is 62.8. The van der Waals surface area contributed by atoms with Crippen molar-refractivity contribution in [2.45, 2.75) is 230 Å². The average Bonchev–Trinajstić information content (AvgIpc) is 4.28. The maximum absolute atomic E-state index is 12.9. The Kier molecular flexibility index (Phi) is 26.1. The minimum atomic E-state index is -0.616. The highest BCUT2D eigenvalue weighted by molar-refractivity contribution is 5.88. The number of carbonyl (C=O) groups is 2. The molecule has 8 rings (SSSR count). The molecule has 0 spiro atoms. The SMILES string of the molecule is C.C.C=C1C[C@H](C)C[C@@H]2CC=C[C@@H](C/C=C\C(=O)N[C@H](C/C=C/[C@@H]3CC(C)=CCO3)C[C@@H]3OC3[C@@H](O)C1)O2.C=C1C[C@H](C)C[C@@H]2CC=C[C@@H](C/C=C\C(=O)N[C@H]([C@H](/C=C/[C@@H]3CC(C)=CCO3)OC)C[C@@H]3OC3[C@@H](O)C1)O2. The van der Waals surface area contributed by atoms with Crippen molar-refractivity contribution in [1.82, 2.24) is 10.6 Å². The van der Waals surface area contributed by atoms with Gasteiger partial charge in [-0.15, -0.1) is 0 Å². The first-order valence-corrected chi connectivity index (χ1v) is 27.7. The van der Waals surface area contributed by atoms with E-state index < -0.39 is 12.2 Å². The van der Waals surface area contributed by atoms with Gasteiger partial charge >= 0.3 is 0 Å². The van der Waals surface area contributed by atoms with Crippen LogP contribution < -0.4 is 10.6 Å². The lowest BCUT2D eigenvalue weighted by Crippen LogP contribution is -2.44. The van der Waals surface area contributed by atoms with E-state index in [9.17, 15) is 19.8 Å². The van der Waals surface area contributed by atoms with E-state index in [1.165, 1.54) is 11.1 Å². The molecule has 13 nitrogen and oxygen atoms in total. The highest BCUT2D eigenvalue weighted by Crippen LogP contribution is 2.36. The number of fused-ring (bicyclic) bond motifs is 6. The van der Waals surface area contributed by atoms with E-state index in [4.69, 9.17) is 33.2 Å². The molecule has 0 saturated carbocycles. The highest BCUT2D eigenvalue weighted by Gasteiger charge is 2.47. The Morgan fingerprint density at radius 1 is 0.658 bits per heavy atom. The van der Waals surface area contributed by atoms with Crippen molar-refractivity contribution < 1.29 is 53.0 Å². The molecule has 8 heterocycles. The summed E-state index contributed by atoms with van der Waals surface area (Å²) in [5, 5.41) is 27.9. The summed E-state index contributed by atoms with van der Waals surface area (Å²) >= 11 is 0. The van der Waals surface area contributed by atoms with Gasteiger partial charge in [0.1, 0.15) is 12.2 Å². The van der Waals surface area contributed by atoms with E-state index in [0.29, 0.717) is 70.0 Å². The summed E-state index contributed by atoms with van der Waals surface area (Å²) in [6.45, 7) is 18.4. The molecule has 424 valence electrons. The van der Waals surface area contributed by atoms with Crippen molar-refractivity contribution in [2.75, 3.05) is 20.3 Å². The Labute approximate surface area is 456 Å². The number of hydrogen-bond acceptors (Lipinski definition) is 11. The summed E-state index contributed by atoms with van der Waals surface area (Å²) in [4.78, 5) is 25.7. The molecule has 4 bridgehead atoms. The van der Waals surface area contributed by atoms with Crippen molar-refractivity contribution >= 4 is 11.8 Å². The van der Waals surface area contributed by atoms with Gasteiger partial charge in [0.15, 0.2) is 0 Å². The fourth-order valence-corrected chi connectivity index (χ4v) is 11.4. The first-order valence-electron chi connectivity index (χ1n) is 27.7. The summed E-state index contributed by atoms with van der Waals surface area (Å²) in [6, 6.07) is -0.411. The largest absolute Gasteiger partial charge is 0.390 e. The maximum atomic E-state index is 12.9. The van der Waals surface area contributed by atoms with E-state index in [0.717, 1.165) is 62.5 Å². The maximum Gasteiger partial charge on any atom is 0.243 e. The molecule has 13 heteroatoms. The predicted octanol–water partition coefficient (Wildman–Crippen LogP) is 10.3. The zero-order chi connectivity index (χ0) is 52.6. The second-order valence-corrected chi connectivity index (χ2v) is 22.4. The van der Waals surface area contributed by atoms with Gasteiger partial charge in [-0.1, -0.05) is 137 Å². The molecule has 2 saturated heterocycles. The Hall–Kier alpha value is -4.02. The number of aliphatic hydroxyl groups excluding tert-OH is 2. The molecular formula is C63H96N2O11. The number of nitrogens with one attached hydrogen (secondary N) is 2. The molecule has 2 fully saturated rings. The van der Waals surface area contributed by atoms with Crippen molar-refractivity contribution in [3.63, 3.8) is 0 Å². The molecule has 0 aromatic carbocycles. The molecule has 2 unspecified atom stereocenters. The standard InChI is InChI=1S/C31H45NO6.C30H43NO5.2CH4/c1-20-13-14-36-24(16-20)11-12-28(35-4)26-19-29-31(38-29)27(33)18-22(3)15-21(2)17-25-9-5-7-23(37-25)8-6-10-30(34)32-26;1-20-13-14-34-25(16-20)10-4-7-23-19-28-30(36-28)27(32)18-22(3)15-21(2)17-26-11-5-8-24(35-26)9-6-12-29(33)31-23;;/h5-7,10-13,21,23-29,31,33H,3,8-9,14-19H2,1-2,4H3,(H,32,34);4-6,8,10,12-13,21,23-28,30,32H,3,7,9,11,14-19H2,1-2H3,(H,31,33);2*1H4/b10-6-,12-11+;10-4+,12-6-;;/t21-,23-,24+,25-,26-,27-,28-,29-,31?;21-,23+,24-,25+,26-,27-,28-,30?;;/m00../s1. The molecule has 2 amide bonds. The van der Waals surface area contributed by atoms with Gasteiger partial charge in [-0.25, -0.2) is 0 Å². The normalized spacial score (nSPS) is 38.1. The highest BCUT2D eigenvalue weighted by atomic mass is 16.6. The van der Waals surface area contributed by atoms with E-state index >= 15 is 0 Å². The molecule has 17 atom stereocenters. The molecule has 8 aliphatic rings. The lowest BCUT2D eigenvalue weighted by Gasteiger charge is -2.28. The molecule has 0 aromatic heterocycles. The quantitative estimate of drug-likeness (QED) is 0.141. The summed E-state index contributed by atoms with van der Waals surface area (Å²) in [7, 11) is 1.64. The number of epoxide rings is 2. The summed E-state index contributed by atoms with van der Waals surface area (Å²) < 4.78 is 41.7. The van der Waals surface area contributed by atoms with Crippen LogP contribution in [-0.2, 0) is 42.7 Å². The molecule has 0 aromatic rings. The average molecular weight is 1060 g/mol. The van der Waals surface area contributed by atoms with Crippen LogP contribution >= 0.6 is 0 Å². The molecule has 8 aliphatic heterocycles. The van der Waals surface area contributed by atoms with Gasteiger partial charge < -0.3 is 54.0 Å². The second kappa shape index (κ2) is 31.5. The van der Waals surface area contributed by atoms with Crippen LogP contribution in [0.5, 0.6) is 0 Å². The summed E-state index contributed by atoms with van der Waals surface area (Å²) in [5.74, 6) is 0.546. The van der Waals surface area contributed by atoms with Gasteiger partial charge in [-0.3, -0.25) is 9.59 Å². The van der Waals surface area contributed by atoms with Crippen LogP contribution in [0.3, 0.4) is 0 Å². The van der Waals surface area contributed by atoms with E-state index in [1.54, 1.807) is 19.3 Å². The lowest BCUT2D eigenvalue weighted by molar-refractivity contribution is -0.118. The van der Waals surface area contributed by atoms with Crippen molar-refractivity contribution in [2.24, 2.45) is 11.8 Å². The topological polar surface area (TPSA) is 170 Å². The van der Waals surface area contributed by atoms with Crippen LogP contribution in [-0.4, -0.2) is 134 Å². The van der Waals surface area contributed by atoms with Gasteiger partial charge in [0.25, 0.3) is 0 Å². The first-order chi connectivity index (χ1) is 35.7. The van der Waals surface area contributed by atoms with Crippen molar-refractivity contribution in [3.05, 3.63) is 121 Å². The van der Waals surface area contributed by atoms with Gasteiger partial charge in [0.2, 0.25) is 11.8 Å². The number of hydrogen-bond donors (Lipinski definition) is 4. The zero-order valence-corrected chi connectivity index (χ0v) is 44.9. The third-order valence-corrected chi connectivity index (χ3v) is 15.3. The molecule has 76 heavy (non-hydrogen) atoms. The van der Waals surface area contributed by atoms with Crippen molar-refractivity contribution in [3.8, 4) is 0 Å². The monoisotopic (exact) mass is 1060 g/mol. The van der Waals surface area contributed by atoms with E-state index in [1.807, 2.05) is 24.3 Å². The Morgan fingerprint density at radius 2 is 1.16 bits per heavy atom. The fraction of sp³-hybridized carbons (Fsp3) is 0.651. The molecule has 4 N–H and O–H groups in total. The number of rotatable bonds is 7. The third-order valence-electron chi connectivity index (χ3n) is 15.3. The van der Waals surface area contributed by atoms with E-state index in [2.05, 4.69) is 100 Å². The van der Waals surface area contributed by atoms with Crippen LogP contribution in [0.4, 0.5) is 0 Å². The second-order valence-electron chi connectivity index (χ2n) is 22.4. The Morgan fingerprint density at radius 3 is 1.67 bits per heavy atom. The molecule has 0 aliphatic carbocycles. The van der Waals surface area contributed by atoms with Crippen LogP contribution in [0.15, 0.2) is 121 Å². The third kappa shape index (κ3) is 21.3. The van der Waals surface area contributed by atoms with Gasteiger partial charge in [0, 0.05) is 13.2 Å². The van der Waals surface area contributed by atoms with E-state index in [-0.39, 0.29) is 106 Å². The number of amides is 2. The number of methoxy groups -OCH3 is 1. The lowest BCUT2D eigenvalue weighted by atomic mass is 9.90. The minimum Gasteiger partial charge on any atom is -0.390 e. The number of carbonyl (C=O) groups excluding carboxylic acids is 2. The molecular weight excluding hydrogens is 961 g/mol. The number of aliphatic hydroxyl groups is 2. The van der Waals surface area contributed by atoms with Gasteiger partial charge in [-0.05, 0) is 134 Å². The van der Waals surface area contributed by atoms with Crippen molar-refractivity contribution in [1.29, 1.82) is 0 Å². The van der Waals surface area contributed by atoms with Crippen LogP contribution in [0, 0.1) is 11.8 Å². The Balaban J connectivity index is 0.000000274. The van der Waals surface area contributed by atoms with Crippen LogP contribution in [0.1, 0.15) is 139 Å². The van der Waals surface area contributed by atoms with Crippen LogP contribution in [0.25, 0.3) is 0 Å². The zero-order valence-electron chi connectivity index (χ0n) is 44.9. The number of ether oxygens (including phenoxy) is 7. The summed E-state index contributed by atoms with van der Waals surface area (Å²) in [6.07, 6.45) is 37.5. The van der Waals surface area contributed by atoms with Crippen LogP contribution in [0.2, 0.25) is 0 Å². The molecule has 0 radical (unpaired) electrons. The van der Waals surface area contributed by atoms with Gasteiger partial charge in [-0.2, -0.15) is 0 Å².